The highest BCUT2D eigenvalue weighted by Crippen LogP contribution is 2.18. The number of oxazole rings is 1. The number of aromatic nitrogens is 3. The summed E-state index contributed by atoms with van der Waals surface area (Å²) in [7, 11) is 0. The molecule has 0 saturated carbocycles. The molecule has 3 rings (SSSR count). The molecule has 2 aromatic heterocycles. The third-order valence-electron chi connectivity index (χ3n) is 2.89. The third-order valence-corrected chi connectivity index (χ3v) is 2.89. The molecule has 2 aromatic rings. The predicted molar refractivity (Wildman–Crippen MR) is 60.0 cm³/mol. The molecular formula is C10H12N4O4. The highest BCUT2D eigenvalue weighted by Gasteiger charge is 2.22. The molecule has 1 aliphatic heterocycles. The maximum absolute atomic E-state index is 10.9. The van der Waals surface area contributed by atoms with E-state index in [0.717, 1.165) is 13.1 Å². The Labute approximate surface area is 102 Å². The summed E-state index contributed by atoms with van der Waals surface area (Å²) in [5, 5.41) is 13.2. The molecule has 18 heavy (non-hydrogen) atoms. The smallest absolute Gasteiger partial charge is 0.373 e. The Kier molecular flexibility index (Phi) is 2.44. The molecule has 0 atom stereocenters. The normalized spacial score (nSPS) is 16.4. The van der Waals surface area contributed by atoms with Gasteiger partial charge in [-0.05, 0) is 6.92 Å². The Balaban J connectivity index is 1.99. The number of carboxylic acid groups (broad SMARTS) is 1. The van der Waals surface area contributed by atoms with Crippen molar-refractivity contribution in [2.45, 2.75) is 6.92 Å². The van der Waals surface area contributed by atoms with Crippen molar-refractivity contribution in [2.24, 2.45) is 0 Å². The number of aromatic carboxylic acids is 1. The van der Waals surface area contributed by atoms with Crippen LogP contribution in [0.2, 0.25) is 0 Å². The molecule has 1 N–H and O–H groups in total. The first-order chi connectivity index (χ1) is 8.66. The van der Waals surface area contributed by atoms with Crippen LogP contribution in [0.5, 0.6) is 0 Å². The molecule has 0 aromatic carbocycles. The molecule has 96 valence electrons. The molecule has 8 heteroatoms. The van der Waals surface area contributed by atoms with Crippen molar-refractivity contribution in [3.8, 4) is 0 Å². The van der Waals surface area contributed by atoms with Gasteiger partial charge >= 0.3 is 11.8 Å². The molecule has 0 bridgehead atoms. The van der Waals surface area contributed by atoms with Crippen molar-refractivity contribution >= 4 is 17.8 Å². The van der Waals surface area contributed by atoms with Crippen LogP contribution in [0.4, 0.5) is 5.95 Å². The number of ether oxygens (including phenoxy) is 1. The average Bonchev–Trinajstić information content (AvgIpc) is 2.91. The number of aryl methyl sites for hydroxylation is 1. The van der Waals surface area contributed by atoms with Crippen molar-refractivity contribution in [3.63, 3.8) is 0 Å². The number of anilines is 1. The van der Waals surface area contributed by atoms with Gasteiger partial charge in [-0.25, -0.2) is 4.79 Å². The number of rotatable bonds is 2. The summed E-state index contributed by atoms with van der Waals surface area (Å²) >= 11 is 0. The second kappa shape index (κ2) is 3.98. The van der Waals surface area contributed by atoms with Crippen LogP contribution in [0.25, 0.3) is 5.84 Å². The van der Waals surface area contributed by atoms with Gasteiger partial charge in [-0.2, -0.15) is 9.50 Å². The van der Waals surface area contributed by atoms with E-state index in [1.165, 1.54) is 4.52 Å². The van der Waals surface area contributed by atoms with Gasteiger partial charge in [0, 0.05) is 13.1 Å². The van der Waals surface area contributed by atoms with E-state index in [1.807, 2.05) is 4.90 Å². The second-order valence-corrected chi connectivity index (χ2v) is 4.03. The first kappa shape index (κ1) is 11.0. The zero-order chi connectivity index (χ0) is 12.7. The van der Waals surface area contributed by atoms with E-state index in [2.05, 4.69) is 10.1 Å². The largest absolute Gasteiger partial charge is 0.475 e. The van der Waals surface area contributed by atoms with E-state index in [-0.39, 0.29) is 11.6 Å². The SMILES string of the molecule is Cc1c(C(=O)O)oc2nc(N3CCOCC3)nn12. The zero-order valence-corrected chi connectivity index (χ0v) is 9.79. The van der Waals surface area contributed by atoms with Crippen molar-refractivity contribution in [3.05, 3.63) is 11.5 Å². The summed E-state index contributed by atoms with van der Waals surface area (Å²) in [6.07, 6.45) is 0. The Morgan fingerprint density at radius 1 is 1.39 bits per heavy atom. The number of hydrogen-bond donors (Lipinski definition) is 1. The van der Waals surface area contributed by atoms with E-state index in [0.29, 0.717) is 24.9 Å². The van der Waals surface area contributed by atoms with Gasteiger partial charge in [-0.15, -0.1) is 5.10 Å². The molecule has 0 amide bonds. The highest BCUT2D eigenvalue weighted by atomic mass is 16.5. The molecule has 8 nitrogen and oxygen atoms in total. The number of fused-ring (bicyclic) bond motifs is 1. The number of carboxylic acids is 1. The lowest BCUT2D eigenvalue weighted by Crippen LogP contribution is -2.37. The van der Waals surface area contributed by atoms with E-state index < -0.39 is 5.97 Å². The number of carbonyl (C=O) groups is 1. The first-order valence-electron chi connectivity index (χ1n) is 5.59. The van der Waals surface area contributed by atoms with Gasteiger partial charge in [0.05, 0.1) is 18.9 Å². The lowest BCUT2D eigenvalue weighted by Gasteiger charge is -2.25. The van der Waals surface area contributed by atoms with Crippen LogP contribution in [-0.2, 0) is 4.74 Å². The fourth-order valence-electron chi connectivity index (χ4n) is 1.93. The first-order valence-corrected chi connectivity index (χ1v) is 5.59. The molecule has 1 saturated heterocycles. The summed E-state index contributed by atoms with van der Waals surface area (Å²) in [5.74, 6) is -0.505. The van der Waals surface area contributed by atoms with Gasteiger partial charge in [0.15, 0.2) is 0 Å². The molecule has 3 heterocycles. The molecule has 0 unspecified atom stereocenters. The maximum atomic E-state index is 10.9. The van der Waals surface area contributed by atoms with Crippen LogP contribution in [0.3, 0.4) is 0 Å². The van der Waals surface area contributed by atoms with Gasteiger partial charge in [-0.3, -0.25) is 0 Å². The highest BCUT2D eigenvalue weighted by molar-refractivity contribution is 5.86. The molecular weight excluding hydrogens is 240 g/mol. The van der Waals surface area contributed by atoms with E-state index in [4.69, 9.17) is 14.3 Å². The van der Waals surface area contributed by atoms with Crippen LogP contribution in [0.15, 0.2) is 4.42 Å². The molecule has 0 spiro atoms. The fourth-order valence-corrected chi connectivity index (χ4v) is 1.93. The minimum atomic E-state index is -1.12. The summed E-state index contributed by atoms with van der Waals surface area (Å²) < 4.78 is 11.8. The minimum Gasteiger partial charge on any atom is -0.475 e. The fraction of sp³-hybridized carbons (Fsp3) is 0.500. The van der Waals surface area contributed by atoms with Crippen molar-refractivity contribution in [2.75, 3.05) is 31.2 Å². The quantitative estimate of drug-likeness (QED) is 0.813. The summed E-state index contributed by atoms with van der Waals surface area (Å²) in [4.78, 5) is 17.1. The minimum absolute atomic E-state index is 0.126. The predicted octanol–water partition coefficient (Wildman–Crippen LogP) is 0.166. The lowest BCUT2D eigenvalue weighted by molar-refractivity contribution is 0.0663. The van der Waals surface area contributed by atoms with Gasteiger partial charge < -0.3 is 19.2 Å². The Morgan fingerprint density at radius 3 is 2.72 bits per heavy atom. The van der Waals surface area contributed by atoms with Crippen molar-refractivity contribution in [1.29, 1.82) is 0 Å². The Morgan fingerprint density at radius 2 is 2.11 bits per heavy atom. The summed E-state index contributed by atoms with van der Waals surface area (Å²) in [6.45, 7) is 4.35. The number of hydrogen-bond acceptors (Lipinski definition) is 6. The summed E-state index contributed by atoms with van der Waals surface area (Å²) in [5.41, 5.74) is 0.435. The van der Waals surface area contributed by atoms with Crippen LogP contribution < -0.4 is 4.90 Å². The van der Waals surface area contributed by atoms with Crippen LogP contribution in [-0.4, -0.2) is 52.0 Å². The Bertz CT molecular complexity index is 596. The second-order valence-electron chi connectivity index (χ2n) is 4.03. The number of nitrogens with zero attached hydrogens (tertiary/aromatic N) is 4. The molecule has 1 fully saturated rings. The average molecular weight is 252 g/mol. The topological polar surface area (TPSA) is 93.1 Å². The van der Waals surface area contributed by atoms with Gasteiger partial charge in [0.2, 0.25) is 11.7 Å². The van der Waals surface area contributed by atoms with Crippen molar-refractivity contribution in [1.82, 2.24) is 14.6 Å². The van der Waals surface area contributed by atoms with Crippen LogP contribution >= 0.6 is 0 Å². The monoisotopic (exact) mass is 252 g/mol. The lowest BCUT2D eigenvalue weighted by atomic mass is 10.4. The third kappa shape index (κ3) is 1.61. The van der Waals surface area contributed by atoms with Gasteiger partial charge in [0.1, 0.15) is 0 Å². The van der Waals surface area contributed by atoms with Gasteiger partial charge in [0.25, 0.3) is 0 Å². The summed E-state index contributed by atoms with van der Waals surface area (Å²) in [6, 6.07) is 0. The molecule has 1 aliphatic rings. The maximum Gasteiger partial charge on any atom is 0.373 e. The van der Waals surface area contributed by atoms with E-state index in [9.17, 15) is 4.79 Å². The molecule has 0 aliphatic carbocycles. The number of morpholine rings is 1. The molecule has 0 radical (unpaired) electrons. The van der Waals surface area contributed by atoms with Crippen LogP contribution in [0.1, 0.15) is 16.2 Å². The van der Waals surface area contributed by atoms with Crippen LogP contribution in [0, 0.1) is 6.92 Å². The van der Waals surface area contributed by atoms with Crippen molar-refractivity contribution < 1.29 is 19.1 Å². The van der Waals surface area contributed by atoms with E-state index >= 15 is 0 Å². The van der Waals surface area contributed by atoms with E-state index in [1.54, 1.807) is 6.92 Å². The zero-order valence-electron chi connectivity index (χ0n) is 9.79. The standard InChI is InChI=1S/C10H12N4O4/c1-6-7(8(15)16)18-10-11-9(12-14(6)10)13-2-4-17-5-3-13/h2-5H2,1H3,(H,15,16). The Hall–Kier alpha value is -2.09. The van der Waals surface area contributed by atoms with Gasteiger partial charge in [-0.1, -0.05) is 0 Å².